The Morgan fingerprint density at radius 3 is 2.67 bits per heavy atom. The average molecular weight is 468 g/mol. The molecule has 0 radical (unpaired) electrons. The number of halogens is 1. The number of ether oxygens (including phenoxy) is 1. The minimum Gasteiger partial charge on any atom is -0.484 e. The second-order valence-corrected chi connectivity index (χ2v) is 7.98. The summed E-state index contributed by atoms with van der Waals surface area (Å²) in [6.07, 6.45) is 1.69. The molecule has 8 nitrogen and oxygen atoms in total. The van der Waals surface area contributed by atoms with Gasteiger partial charge in [0.1, 0.15) is 11.5 Å². The zero-order chi connectivity index (χ0) is 23.2. The molecule has 0 aliphatic carbocycles. The molecule has 2 N–H and O–H groups in total. The number of carbonyl (C=O) groups is 3. The van der Waals surface area contributed by atoms with Crippen molar-refractivity contribution in [2.24, 2.45) is 5.92 Å². The van der Waals surface area contributed by atoms with Crippen molar-refractivity contribution in [2.75, 3.05) is 23.4 Å². The zero-order valence-corrected chi connectivity index (χ0v) is 18.4. The molecule has 9 heteroatoms. The highest BCUT2D eigenvalue weighted by Crippen LogP contribution is 2.27. The third-order valence-electron chi connectivity index (χ3n) is 5.14. The first-order valence-corrected chi connectivity index (χ1v) is 10.7. The highest BCUT2D eigenvalue weighted by molar-refractivity contribution is 6.30. The van der Waals surface area contributed by atoms with Gasteiger partial charge in [-0.25, -0.2) is 0 Å². The van der Waals surface area contributed by atoms with E-state index >= 15 is 0 Å². The molecule has 1 saturated heterocycles. The monoisotopic (exact) mass is 467 g/mol. The van der Waals surface area contributed by atoms with Gasteiger partial charge < -0.3 is 24.7 Å². The van der Waals surface area contributed by atoms with Gasteiger partial charge in [-0.05, 0) is 54.6 Å². The Morgan fingerprint density at radius 1 is 1.12 bits per heavy atom. The predicted molar refractivity (Wildman–Crippen MR) is 123 cm³/mol. The lowest BCUT2D eigenvalue weighted by Gasteiger charge is -2.17. The lowest BCUT2D eigenvalue weighted by molar-refractivity contribution is -0.126. The first kappa shape index (κ1) is 22.4. The average Bonchev–Trinajstić information content (AvgIpc) is 3.46. The van der Waals surface area contributed by atoms with Crippen LogP contribution in [0.25, 0.3) is 0 Å². The molecule has 1 aromatic heterocycles. The van der Waals surface area contributed by atoms with Crippen LogP contribution in [0.3, 0.4) is 0 Å². The SMILES string of the molecule is O=C(COc1ccc(N2C[C@@H](C(=O)NCc3ccco3)CC2=O)cc1)Nc1cccc(Cl)c1. The van der Waals surface area contributed by atoms with Crippen LogP contribution in [0.15, 0.2) is 71.3 Å². The van der Waals surface area contributed by atoms with E-state index in [1.807, 2.05) is 0 Å². The smallest absolute Gasteiger partial charge is 0.262 e. The van der Waals surface area contributed by atoms with Gasteiger partial charge in [-0.2, -0.15) is 0 Å². The number of nitrogens with one attached hydrogen (secondary N) is 2. The van der Waals surface area contributed by atoms with Gasteiger partial charge in [-0.1, -0.05) is 17.7 Å². The highest BCUT2D eigenvalue weighted by atomic mass is 35.5. The normalized spacial score (nSPS) is 15.4. The lowest BCUT2D eigenvalue weighted by atomic mass is 10.1. The molecule has 3 amide bonds. The molecule has 3 aromatic rings. The van der Waals surface area contributed by atoms with E-state index in [0.717, 1.165) is 0 Å². The maximum absolute atomic E-state index is 12.5. The Kier molecular flexibility index (Phi) is 6.95. The number of furan rings is 1. The predicted octanol–water partition coefficient (Wildman–Crippen LogP) is 3.62. The van der Waals surface area contributed by atoms with E-state index in [0.29, 0.717) is 34.5 Å². The number of hydrogen-bond donors (Lipinski definition) is 2. The van der Waals surface area contributed by atoms with Crippen LogP contribution in [0.2, 0.25) is 5.02 Å². The number of amides is 3. The number of rotatable bonds is 8. The van der Waals surface area contributed by atoms with Crippen LogP contribution in [-0.4, -0.2) is 30.9 Å². The van der Waals surface area contributed by atoms with Crippen molar-refractivity contribution < 1.29 is 23.5 Å². The van der Waals surface area contributed by atoms with Crippen LogP contribution in [0.5, 0.6) is 5.75 Å². The Morgan fingerprint density at radius 2 is 1.94 bits per heavy atom. The molecule has 2 aromatic carbocycles. The Hall–Kier alpha value is -3.78. The topological polar surface area (TPSA) is 101 Å². The number of carbonyl (C=O) groups excluding carboxylic acids is 3. The molecule has 170 valence electrons. The number of nitrogens with zero attached hydrogens (tertiary/aromatic N) is 1. The molecule has 33 heavy (non-hydrogen) atoms. The maximum Gasteiger partial charge on any atom is 0.262 e. The van der Waals surface area contributed by atoms with E-state index in [9.17, 15) is 14.4 Å². The summed E-state index contributed by atoms with van der Waals surface area (Å²) >= 11 is 5.91. The Balaban J connectivity index is 1.27. The number of benzene rings is 2. The third kappa shape index (κ3) is 5.93. The van der Waals surface area contributed by atoms with Crippen molar-refractivity contribution in [3.8, 4) is 5.75 Å². The fourth-order valence-electron chi connectivity index (χ4n) is 3.50. The third-order valence-corrected chi connectivity index (χ3v) is 5.37. The van der Waals surface area contributed by atoms with Crippen molar-refractivity contribution >= 4 is 40.7 Å². The fraction of sp³-hybridized carbons (Fsp3) is 0.208. The summed E-state index contributed by atoms with van der Waals surface area (Å²) in [4.78, 5) is 38.5. The van der Waals surface area contributed by atoms with Gasteiger partial charge in [0.05, 0.1) is 18.7 Å². The molecule has 0 spiro atoms. The fourth-order valence-corrected chi connectivity index (χ4v) is 3.69. The van der Waals surface area contributed by atoms with E-state index in [4.69, 9.17) is 20.8 Å². The standard InChI is InChI=1S/C24H22ClN3O5/c25-17-3-1-4-18(12-17)27-22(29)15-33-20-8-6-19(7-9-20)28-14-16(11-23(28)30)24(31)26-13-21-5-2-10-32-21/h1-10,12,16H,11,13-15H2,(H,26,31)(H,27,29)/t16-/m0/s1. The minimum atomic E-state index is -0.432. The van der Waals surface area contributed by atoms with Gasteiger partial charge >= 0.3 is 0 Å². The van der Waals surface area contributed by atoms with Crippen LogP contribution in [0.1, 0.15) is 12.2 Å². The molecule has 0 saturated carbocycles. The van der Waals surface area contributed by atoms with Gasteiger partial charge in [0.25, 0.3) is 5.91 Å². The largest absolute Gasteiger partial charge is 0.484 e. The van der Waals surface area contributed by atoms with E-state index in [2.05, 4.69) is 10.6 Å². The van der Waals surface area contributed by atoms with Gasteiger partial charge in [-0.3, -0.25) is 14.4 Å². The van der Waals surface area contributed by atoms with Crippen LogP contribution in [0.4, 0.5) is 11.4 Å². The minimum absolute atomic E-state index is 0.122. The summed E-state index contributed by atoms with van der Waals surface area (Å²) in [6.45, 7) is 0.408. The summed E-state index contributed by atoms with van der Waals surface area (Å²) in [5, 5.41) is 6.03. The molecule has 0 bridgehead atoms. The number of hydrogen-bond acceptors (Lipinski definition) is 5. The van der Waals surface area contributed by atoms with E-state index in [-0.39, 0.29) is 37.3 Å². The van der Waals surface area contributed by atoms with E-state index in [1.165, 1.54) is 0 Å². The first-order valence-electron chi connectivity index (χ1n) is 10.4. The van der Waals surface area contributed by atoms with Crippen LogP contribution >= 0.6 is 11.6 Å². The molecular weight excluding hydrogens is 446 g/mol. The summed E-state index contributed by atoms with van der Waals surface area (Å²) in [7, 11) is 0. The molecule has 2 heterocycles. The maximum atomic E-state index is 12.5. The van der Waals surface area contributed by atoms with Crippen molar-refractivity contribution in [1.29, 1.82) is 0 Å². The summed E-state index contributed by atoms with van der Waals surface area (Å²) < 4.78 is 10.7. The van der Waals surface area contributed by atoms with Gasteiger partial charge in [0, 0.05) is 29.4 Å². The van der Waals surface area contributed by atoms with Crippen molar-refractivity contribution in [1.82, 2.24) is 5.32 Å². The second kappa shape index (κ2) is 10.2. The second-order valence-electron chi connectivity index (χ2n) is 7.54. The summed E-state index contributed by atoms with van der Waals surface area (Å²) in [6, 6.07) is 17.2. The van der Waals surface area contributed by atoms with E-state index < -0.39 is 5.92 Å². The highest BCUT2D eigenvalue weighted by Gasteiger charge is 2.35. The quantitative estimate of drug-likeness (QED) is 0.527. The lowest BCUT2D eigenvalue weighted by Crippen LogP contribution is -2.32. The molecular formula is C24H22ClN3O5. The molecule has 1 fully saturated rings. The number of anilines is 2. The molecule has 1 aliphatic heterocycles. The summed E-state index contributed by atoms with van der Waals surface area (Å²) in [5.41, 5.74) is 1.25. The molecule has 1 aliphatic rings. The van der Waals surface area contributed by atoms with Crippen LogP contribution in [-0.2, 0) is 20.9 Å². The molecule has 4 rings (SSSR count). The van der Waals surface area contributed by atoms with Gasteiger partial charge in [0.2, 0.25) is 11.8 Å². The zero-order valence-electron chi connectivity index (χ0n) is 17.6. The first-order chi connectivity index (χ1) is 16.0. The molecule has 0 unspecified atom stereocenters. The molecule has 1 atom stereocenters. The van der Waals surface area contributed by atoms with E-state index in [1.54, 1.807) is 71.8 Å². The Bertz CT molecular complexity index is 1130. The van der Waals surface area contributed by atoms with Crippen LogP contribution in [0, 0.1) is 5.92 Å². The van der Waals surface area contributed by atoms with Gasteiger partial charge in [-0.15, -0.1) is 0 Å². The Labute approximate surface area is 195 Å². The summed E-state index contributed by atoms with van der Waals surface area (Å²) in [5.74, 6) is 0.0782. The van der Waals surface area contributed by atoms with Crippen molar-refractivity contribution in [3.63, 3.8) is 0 Å². The van der Waals surface area contributed by atoms with Crippen molar-refractivity contribution in [3.05, 3.63) is 77.7 Å². The van der Waals surface area contributed by atoms with Gasteiger partial charge in [0.15, 0.2) is 6.61 Å². The van der Waals surface area contributed by atoms with Crippen molar-refractivity contribution in [2.45, 2.75) is 13.0 Å². The van der Waals surface area contributed by atoms with Crippen LogP contribution < -0.4 is 20.3 Å².